The van der Waals surface area contributed by atoms with Gasteiger partial charge >= 0.3 is 17.1 Å². The van der Waals surface area contributed by atoms with Crippen molar-refractivity contribution in [2.75, 3.05) is 0 Å². The van der Waals surface area contributed by atoms with Gasteiger partial charge in [0.05, 0.1) is 0 Å². The molecule has 6 rings (SSSR count). The zero-order valence-electron chi connectivity index (χ0n) is 21.3. The Morgan fingerprint density at radius 3 is 1.30 bits per heavy atom. The third-order valence-corrected chi connectivity index (χ3v) is 11.9. The van der Waals surface area contributed by atoms with Crippen molar-refractivity contribution in [2.24, 2.45) is 0 Å². The molecule has 0 fully saturated rings. The Kier molecular flexibility index (Phi) is 13.4. The van der Waals surface area contributed by atoms with E-state index in [9.17, 15) is 0 Å². The first kappa shape index (κ1) is 32.5. The first-order valence-electron chi connectivity index (χ1n) is 12.4. The van der Waals surface area contributed by atoms with E-state index in [0.717, 1.165) is 5.30 Å². The minimum Gasteiger partial charge on any atom is -0.213 e. The SMILES string of the molecule is Clc1cc[c-](P(c2ccccc2)c2ccccc2)c1Cl.[Fe+2].[Ni].c1ccc(P(c2ccccc2)c2ccc[cH-]2)cc1. The summed E-state index contributed by atoms with van der Waals surface area (Å²) in [6.07, 6.45) is 0. The molecule has 0 aliphatic rings. The van der Waals surface area contributed by atoms with Crippen molar-refractivity contribution >= 4 is 70.9 Å². The Bertz CT molecular complexity index is 1450. The van der Waals surface area contributed by atoms with Crippen molar-refractivity contribution < 1.29 is 33.6 Å². The molecule has 0 aromatic heterocycles. The second-order valence-corrected chi connectivity index (χ2v) is 13.7. The Labute approximate surface area is 270 Å². The van der Waals surface area contributed by atoms with Gasteiger partial charge in [-0.2, -0.15) is 35.9 Å². The molecule has 0 N–H and O–H groups in total. The maximum atomic E-state index is 6.39. The van der Waals surface area contributed by atoms with Crippen molar-refractivity contribution in [2.45, 2.75) is 0 Å². The van der Waals surface area contributed by atoms with Gasteiger partial charge in [-0.25, -0.2) is 12.1 Å². The molecule has 204 valence electrons. The first-order valence-corrected chi connectivity index (χ1v) is 15.8. The van der Waals surface area contributed by atoms with Crippen LogP contribution in [-0.4, -0.2) is 0 Å². The number of hydrogen-bond donors (Lipinski definition) is 0. The summed E-state index contributed by atoms with van der Waals surface area (Å²) in [7, 11) is -1.07. The molecule has 6 aromatic carbocycles. The van der Waals surface area contributed by atoms with E-state index in [-0.39, 0.29) is 33.6 Å². The van der Waals surface area contributed by atoms with Crippen molar-refractivity contribution in [1.82, 2.24) is 0 Å². The molecule has 0 radical (unpaired) electrons. The van der Waals surface area contributed by atoms with Crippen molar-refractivity contribution in [3.8, 4) is 0 Å². The Morgan fingerprint density at radius 1 is 0.525 bits per heavy atom. The summed E-state index contributed by atoms with van der Waals surface area (Å²) >= 11 is 12.5. The van der Waals surface area contributed by atoms with Gasteiger partial charge in [-0.05, 0) is 29.1 Å². The standard InChI is InChI=1S/C17H12Cl2P.C17H14P.Fe.Ni/c18-15-11-12-16(17(15)19)20(13-7-3-1-4-8-13)14-9-5-2-6-10-14;1-3-9-15(10-4-1)18(17-13-7-8-14-17)16-11-5-2-6-12-16;;/h1-12H;1-14H;;/q2*-1;+2;. The van der Waals surface area contributed by atoms with Crippen LogP contribution in [0.5, 0.6) is 0 Å². The molecule has 0 saturated carbocycles. The summed E-state index contributed by atoms with van der Waals surface area (Å²) in [5, 5.41) is 9.20. The smallest absolute Gasteiger partial charge is 0.213 e. The molecule has 0 aliphatic heterocycles. The van der Waals surface area contributed by atoms with Crippen molar-refractivity contribution in [3.63, 3.8) is 0 Å². The molecule has 40 heavy (non-hydrogen) atoms. The van der Waals surface area contributed by atoms with Crippen LogP contribution >= 0.6 is 39.0 Å². The second-order valence-electron chi connectivity index (χ2n) is 8.54. The van der Waals surface area contributed by atoms with Crippen molar-refractivity contribution in [1.29, 1.82) is 0 Å². The average Bonchev–Trinajstić information content (AvgIpc) is 3.63. The molecule has 0 unspecified atom stereocenters. The number of benzene rings is 4. The van der Waals surface area contributed by atoms with Gasteiger partial charge in [0.15, 0.2) is 0 Å². The van der Waals surface area contributed by atoms with Gasteiger partial charge in [-0.1, -0.05) is 139 Å². The third kappa shape index (κ3) is 8.07. The van der Waals surface area contributed by atoms with Gasteiger partial charge < -0.3 is 0 Å². The van der Waals surface area contributed by atoms with E-state index in [1.165, 1.54) is 26.5 Å². The van der Waals surface area contributed by atoms with Crippen LogP contribution in [0.3, 0.4) is 0 Å². The predicted molar refractivity (Wildman–Crippen MR) is 172 cm³/mol. The maximum absolute atomic E-state index is 6.39. The zero-order valence-corrected chi connectivity index (χ0v) is 26.7. The summed E-state index contributed by atoms with van der Waals surface area (Å²) in [5.41, 5.74) is 0. The van der Waals surface area contributed by atoms with Crippen LogP contribution in [0.15, 0.2) is 158 Å². The third-order valence-electron chi connectivity index (χ3n) is 6.02. The van der Waals surface area contributed by atoms with Crippen LogP contribution < -0.4 is 31.8 Å². The monoisotopic (exact) mass is 680 g/mol. The van der Waals surface area contributed by atoms with Gasteiger partial charge in [0, 0.05) is 16.5 Å². The largest absolute Gasteiger partial charge is 2.00 e. The zero-order chi connectivity index (χ0) is 26.2. The quantitative estimate of drug-likeness (QED) is 0.0964. The van der Waals surface area contributed by atoms with Gasteiger partial charge in [0.1, 0.15) is 0 Å². The molecule has 0 amide bonds. The summed E-state index contributed by atoms with van der Waals surface area (Å²) in [4.78, 5) is 0. The fraction of sp³-hybridized carbons (Fsp3) is 0. The molecule has 6 aromatic rings. The maximum Gasteiger partial charge on any atom is 2.00 e. The Morgan fingerprint density at radius 2 is 0.950 bits per heavy atom. The van der Waals surface area contributed by atoms with E-state index in [1.807, 2.05) is 24.3 Å². The van der Waals surface area contributed by atoms with Crippen LogP contribution in [0.25, 0.3) is 0 Å². The second kappa shape index (κ2) is 16.5. The fourth-order valence-electron chi connectivity index (χ4n) is 4.29. The normalized spacial score (nSPS) is 10.3. The van der Waals surface area contributed by atoms with Crippen LogP contribution in [0.4, 0.5) is 0 Å². The van der Waals surface area contributed by atoms with Gasteiger partial charge in [0.25, 0.3) is 0 Å². The molecule has 0 atom stereocenters. The van der Waals surface area contributed by atoms with Crippen LogP contribution in [0.2, 0.25) is 10.0 Å². The van der Waals surface area contributed by atoms with Gasteiger partial charge in [-0.3, -0.25) is 0 Å². The minimum absolute atomic E-state index is 0. The van der Waals surface area contributed by atoms with E-state index >= 15 is 0 Å². The van der Waals surface area contributed by atoms with Crippen LogP contribution in [-0.2, 0) is 33.6 Å². The summed E-state index contributed by atoms with van der Waals surface area (Å²) in [6, 6.07) is 55.1. The molecule has 0 nitrogen and oxygen atoms in total. The fourth-order valence-corrected chi connectivity index (χ4v) is 9.54. The predicted octanol–water partition coefficient (Wildman–Crippen LogP) is 7.63. The van der Waals surface area contributed by atoms with Crippen LogP contribution in [0, 0.1) is 0 Å². The molecule has 6 heteroatoms. The molecular weight excluding hydrogens is 656 g/mol. The average molecular weight is 682 g/mol. The molecule has 0 bridgehead atoms. The molecular formula is C34H26Cl2FeNiP2. The molecule has 0 spiro atoms. The number of hydrogen-bond acceptors (Lipinski definition) is 0. The summed E-state index contributed by atoms with van der Waals surface area (Å²) < 4.78 is 0. The van der Waals surface area contributed by atoms with Gasteiger partial charge in [-0.15, -0.1) is 22.2 Å². The molecule has 0 saturated heterocycles. The Hall–Kier alpha value is -1.97. The molecule has 0 aliphatic carbocycles. The van der Waals surface area contributed by atoms with E-state index in [2.05, 4.69) is 133 Å². The Balaban J connectivity index is 0.000000211. The summed E-state index contributed by atoms with van der Waals surface area (Å²) in [6.45, 7) is 0. The first-order chi connectivity index (χ1) is 18.7. The number of halogens is 2. The van der Waals surface area contributed by atoms with E-state index < -0.39 is 15.8 Å². The van der Waals surface area contributed by atoms with Crippen molar-refractivity contribution in [3.05, 3.63) is 168 Å². The van der Waals surface area contributed by atoms with Crippen LogP contribution in [0.1, 0.15) is 0 Å². The molecule has 0 heterocycles. The van der Waals surface area contributed by atoms with E-state index in [4.69, 9.17) is 23.2 Å². The summed E-state index contributed by atoms with van der Waals surface area (Å²) in [5.74, 6) is 0. The van der Waals surface area contributed by atoms with E-state index in [0.29, 0.717) is 10.0 Å². The number of rotatable bonds is 6. The topological polar surface area (TPSA) is 0 Å². The van der Waals surface area contributed by atoms with E-state index in [1.54, 1.807) is 0 Å². The van der Waals surface area contributed by atoms with Gasteiger partial charge in [0.2, 0.25) is 0 Å². The minimum atomic E-state index is -0.662.